The Morgan fingerprint density at radius 1 is 0.878 bits per heavy atom. The van der Waals surface area contributed by atoms with Crippen LogP contribution in [0.1, 0.15) is 144 Å². The Labute approximate surface area is 439 Å². The number of anilines is 1. The Kier molecular flexibility index (Phi) is 17.9. The fraction of sp³-hybridized carbons (Fsp3) is 0.574. The van der Waals surface area contributed by atoms with Crippen LogP contribution in [0, 0.1) is 11.8 Å². The molecule has 5 amide bonds. The zero-order valence-electron chi connectivity index (χ0n) is 42.9. The number of H-pyrrole nitrogens is 1. The summed E-state index contributed by atoms with van der Waals surface area (Å²) >= 11 is 6.26. The second kappa shape index (κ2) is 24.3. The van der Waals surface area contributed by atoms with Gasteiger partial charge >= 0.3 is 6.09 Å². The van der Waals surface area contributed by atoms with E-state index >= 15 is 0 Å². The molecular formula is C54H73ClN10O8S. The number of nitrogens with one attached hydrogen (secondary N) is 6. The van der Waals surface area contributed by atoms with E-state index in [4.69, 9.17) is 16.3 Å². The van der Waals surface area contributed by atoms with E-state index in [1.54, 1.807) is 57.3 Å². The number of fused-ring (bicyclic) bond motifs is 1. The third kappa shape index (κ3) is 14.5. The Morgan fingerprint density at radius 3 is 2.36 bits per heavy atom. The highest BCUT2D eigenvalue weighted by Gasteiger charge is 2.45. The van der Waals surface area contributed by atoms with Crippen molar-refractivity contribution in [3.05, 3.63) is 88.8 Å². The topological polar surface area (TPSA) is 237 Å². The maximum absolute atomic E-state index is 14.6. The molecule has 2 saturated carbocycles. The smallest absolute Gasteiger partial charge is 0.408 e. The first-order chi connectivity index (χ1) is 35.5. The molecule has 2 aromatic heterocycles. The number of rotatable bonds is 20. The van der Waals surface area contributed by atoms with Crippen LogP contribution in [0.15, 0.2) is 67.1 Å². The summed E-state index contributed by atoms with van der Waals surface area (Å²) in [6, 6.07) is 15.0. The lowest BCUT2D eigenvalue weighted by Crippen LogP contribution is -2.64. The van der Waals surface area contributed by atoms with E-state index in [0.717, 1.165) is 75.3 Å². The molecule has 4 heterocycles. The number of ether oxygens (including phenoxy) is 1. The van der Waals surface area contributed by atoms with Gasteiger partial charge < -0.3 is 40.8 Å². The third-order valence-electron chi connectivity index (χ3n) is 14.9. The monoisotopic (exact) mass is 1060 g/mol. The number of benzene rings is 2. The number of aromatic amines is 1. The van der Waals surface area contributed by atoms with Gasteiger partial charge in [-0.1, -0.05) is 55.1 Å². The Bertz CT molecular complexity index is 2710. The van der Waals surface area contributed by atoms with Crippen molar-refractivity contribution in [2.24, 2.45) is 11.8 Å². The molecule has 1 unspecified atom stereocenters. The second-order valence-corrected chi connectivity index (χ2v) is 23.9. The van der Waals surface area contributed by atoms with Gasteiger partial charge in [0.05, 0.1) is 17.2 Å². The second-order valence-electron chi connectivity index (χ2n) is 21.6. The zero-order chi connectivity index (χ0) is 52.5. The minimum absolute atomic E-state index is 0.00183. The number of alkyl carbamates (subject to hydrolysis) is 1. The number of carbonyl (C=O) groups is 5. The minimum atomic E-state index is -3.77. The lowest BCUT2D eigenvalue weighted by atomic mass is 9.83. The minimum Gasteiger partial charge on any atom is -0.444 e. The Hall–Kier alpha value is -5.79. The zero-order valence-corrected chi connectivity index (χ0v) is 44.5. The van der Waals surface area contributed by atoms with Gasteiger partial charge in [0.1, 0.15) is 35.0 Å². The summed E-state index contributed by atoms with van der Waals surface area (Å²) in [5.74, 6) is 0.0364. The van der Waals surface area contributed by atoms with Crippen molar-refractivity contribution in [2.75, 3.05) is 49.9 Å². The molecule has 0 bridgehead atoms. The summed E-state index contributed by atoms with van der Waals surface area (Å²) in [7, 11) is -3.77. The molecule has 2 aromatic carbocycles. The average Bonchev–Trinajstić information content (AvgIpc) is 4.12. The molecule has 400 valence electrons. The lowest BCUT2D eigenvalue weighted by molar-refractivity contribution is -0.133. The molecule has 2 aliphatic carbocycles. The number of amides is 5. The van der Waals surface area contributed by atoms with E-state index in [-0.39, 0.29) is 80.0 Å². The third-order valence-corrected chi connectivity index (χ3v) is 16.6. The van der Waals surface area contributed by atoms with Crippen LogP contribution in [0.4, 0.5) is 10.6 Å². The van der Waals surface area contributed by atoms with Crippen molar-refractivity contribution >= 4 is 68.2 Å². The molecule has 6 N–H and O–H groups in total. The fourth-order valence-electron chi connectivity index (χ4n) is 10.7. The quantitative estimate of drug-likeness (QED) is 0.0492. The van der Waals surface area contributed by atoms with Gasteiger partial charge in [0.15, 0.2) is 0 Å². The summed E-state index contributed by atoms with van der Waals surface area (Å²) in [6.07, 6.45) is 12.3. The van der Waals surface area contributed by atoms with E-state index in [1.807, 2.05) is 29.2 Å². The standard InChI is InChI=1S/C54H73ClN10O8S/c1-53(2,3)73-52(70)63-54(24-30-64(31-25-54)47-43-22-27-56-46(43)58-35-59-47)51(69)61-44(36-18-20-42(55)21-19-36)23-28-60-74(71,72)32-8-7-26-57-49(67)45(37-11-5-4-6-12-37)62-48(66)40-14-9-13-39(33-40)41-15-10-29-65(34-41)50(68)38-16-17-38/h9,13-14,18-22,27,33,35,37-38,41,44-45,60H,4-8,10-12,15-17,23-26,28-32,34H2,1-3H3,(H,57,67)(H,61,69)(H,62,66)(H,63,70)(H,56,58,59)/t41?,44-,45+/m0/s1. The molecule has 3 atom stereocenters. The van der Waals surface area contributed by atoms with Crippen LogP contribution in [0.2, 0.25) is 5.02 Å². The number of likely N-dealkylation sites (tertiary alicyclic amines) is 1. The molecule has 74 heavy (non-hydrogen) atoms. The SMILES string of the molecule is CC(C)(C)OC(=O)NC1(C(=O)N[C@@H](CCNS(=O)(=O)CCCCNC(=O)[C@H](NC(=O)c2cccc(C3CCCN(C(=O)C4CC4)C3)c2)C2CCCCC2)c2ccc(Cl)cc2)CCN(c2ncnc3[nH]ccc23)CC1. The van der Waals surface area contributed by atoms with Crippen LogP contribution < -0.4 is 30.9 Å². The van der Waals surface area contributed by atoms with Crippen molar-refractivity contribution in [1.82, 2.24) is 45.8 Å². The van der Waals surface area contributed by atoms with E-state index in [1.165, 1.54) is 6.33 Å². The Morgan fingerprint density at radius 2 is 1.64 bits per heavy atom. The van der Waals surface area contributed by atoms with Crippen LogP contribution in [0.25, 0.3) is 11.0 Å². The highest BCUT2D eigenvalue weighted by Crippen LogP contribution is 2.36. The summed E-state index contributed by atoms with van der Waals surface area (Å²) in [6.45, 7) is 7.67. The van der Waals surface area contributed by atoms with E-state index in [2.05, 4.69) is 45.8 Å². The van der Waals surface area contributed by atoms with Gasteiger partial charge in [-0.05, 0) is 139 Å². The molecule has 8 rings (SSSR count). The first-order valence-corrected chi connectivity index (χ1v) is 28.5. The normalized spacial score (nSPS) is 19.3. The predicted molar refractivity (Wildman–Crippen MR) is 284 cm³/mol. The average molecular weight is 1060 g/mol. The van der Waals surface area contributed by atoms with Crippen molar-refractivity contribution in [3.8, 4) is 0 Å². The van der Waals surface area contributed by atoms with Crippen LogP contribution >= 0.6 is 11.6 Å². The number of nitrogens with zero attached hydrogens (tertiary/aromatic N) is 4. The number of unbranched alkanes of at least 4 members (excludes halogenated alkanes) is 1. The van der Waals surface area contributed by atoms with Gasteiger partial charge in [-0.25, -0.2) is 27.9 Å². The lowest BCUT2D eigenvalue weighted by Gasteiger charge is -2.42. The molecule has 2 saturated heterocycles. The van der Waals surface area contributed by atoms with Crippen molar-refractivity contribution in [3.63, 3.8) is 0 Å². The number of sulfonamides is 1. The summed E-state index contributed by atoms with van der Waals surface area (Å²) in [5, 5.41) is 13.4. The molecule has 20 heteroatoms. The molecule has 4 fully saturated rings. The van der Waals surface area contributed by atoms with Gasteiger partial charge in [-0.15, -0.1) is 0 Å². The van der Waals surface area contributed by atoms with Gasteiger partial charge in [0.2, 0.25) is 27.7 Å². The van der Waals surface area contributed by atoms with Gasteiger partial charge in [0.25, 0.3) is 5.91 Å². The van der Waals surface area contributed by atoms with Gasteiger partial charge in [-0.2, -0.15) is 0 Å². The number of aromatic nitrogens is 3. The van der Waals surface area contributed by atoms with E-state index in [9.17, 15) is 32.4 Å². The highest BCUT2D eigenvalue weighted by molar-refractivity contribution is 7.89. The molecule has 4 aromatic rings. The molecule has 18 nitrogen and oxygen atoms in total. The highest BCUT2D eigenvalue weighted by atomic mass is 35.5. The molecule has 2 aliphatic heterocycles. The van der Waals surface area contributed by atoms with Crippen molar-refractivity contribution in [1.29, 1.82) is 0 Å². The number of hydrogen-bond acceptors (Lipinski definition) is 11. The molecule has 0 spiro atoms. The van der Waals surface area contributed by atoms with Crippen molar-refractivity contribution in [2.45, 2.75) is 140 Å². The summed E-state index contributed by atoms with van der Waals surface area (Å²) in [4.78, 5) is 84.4. The van der Waals surface area contributed by atoms with Crippen LogP contribution in [-0.4, -0.2) is 120 Å². The summed E-state index contributed by atoms with van der Waals surface area (Å²) in [5.41, 5.74) is 0.703. The summed E-state index contributed by atoms with van der Waals surface area (Å²) < 4.78 is 35.1. The van der Waals surface area contributed by atoms with Crippen LogP contribution in [-0.2, 0) is 29.1 Å². The maximum Gasteiger partial charge on any atom is 0.408 e. The molecule has 4 aliphatic rings. The molecule has 0 radical (unpaired) electrons. The van der Waals surface area contributed by atoms with Crippen molar-refractivity contribution < 1.29 is 37.1 Å². The fourth-order valence-corrected chi connectivity index (χ4v) is 11.9. The predicted octanol–water partition coefficient (Wildman–Crippen LogP) is 7.03. The number of piperidine rings is 2. The first kappa shape index (κ1) is 54.5. The van der Waals surface area contributed by atoms with Gasteiger partial charge in [-0.3, -0.25) is 19.2 Å². The van der Waals surface area contributed by atoms with E-state index in [0.29, 0.717) is 53.7 Å². The van der Waals surface area contributed by atoms with Gasteiger partial charge in [0, 0.05) is 67.9 Å². The maximum atomic E-state index is 14.6. The van der Waals surface area contributed by atoms with Crippen LogP contribution in [0.5, 0.6) is 0 Å². The first-order valence-electron chi connectivity index (χ1n) is 26.5. The Balaban J connectivity index is 0.840. The van der Waals surface area contributed by atoms with Crippen LogP contribution in [0.3, 0.4) is 0 Å². The largest absolute Gasteiger partial charge is 0.444 e. The number of hydrogen-bond donors (Lipinski definition) is 6. The number of halogens is 1. The van der Waals surface area contributed by atoms with E-state index < -0.39 is 45.2 Å². The number of carbonyl (C=O) groups excluding carboxylic acids is 5. The molecular weight excluding hydrogens is 984 g/mol.